The summed E-state index contributed by atoms with van der Waals surface area (Å²) in [6.45, 7) is 6.96. The van der Waals surface area contributed by atoms with Gasteiger partial charge in [-0.3, -0.25) is 9.59 Å². The molecule has 2 aromatic rings. The van der Waals surface area contributed by atoms with Crippen molar-refractivity contribution in [1.82, 2.24) is 10.2 Å². The van der Waals surface area contributed by atoms with Crippen molar-refractivity contribution in [1.29, 1.82) is 0 Å². The normalized spacial score (nSPS) is 15.6. The van der Waals surface area contributed by atoms with Crippen LogP contribution in [-0.2, 0) is 17.8 Å². The predicted molar refractivity (Wildman–Crippen MR) is 113 cm³/mol. The summed E-state index contributed by atoms with van der Waals surface area (Å²) in [4.78, 5) is 25.9. The van der Waals surface area contributed by atoms with Gasteiger partial charge in [0.1, 0.15) is 0 Å². The van der Waals surface area contributed by atoms with Crippen molar-refractivity contribution >= 4 is 11.8 Å². The molecule has 2 N–H and O–H groups in total. The summed E-state index contributed by atoms with van der Waals surface area (Å²) in [5, 5.41) is 13.7. The lowest BCUT2D eigenvalue weighted by Gasteiger charge is -2.38. The lowest BCUT2D eigenvalue weighted by Crippen LogP contribution is -2.47. The largest absolute Gasteiger partial charge is 0.389 e. The second-order valence-electron chi connectivity index (χ2n) is 7.74. The molecule has 0 aliphatic carbocycles. The van der Waals surface area contributed by atoms with Crippen LogP contribution in [0.3, 0.4) is 0 Å². The Morgan fingerprint density at radius 2 is 1.79 bits per heavy atom. The Labute approximate surface area is 172 Å². The van der Waals surface area contributed by atoms with Crippen molar-refractivity contribution < 1.29 is 14.7 Å². The van der Waals surface area contributed by atoms with E-state index in [2.05, 4.69) is 31.0 Å². The van der Waals surface area contributed by atoms with Gasteiger partial charge < -0.3 is 15.3 Å². The molecule has 29 heavy (non-hydrogen) atoms. The van der Waals surface area contributed by atoms with Gasteiger partial charge in [-0.1, -0.05) is 43.0 Å². The Morgan fingerprint density at radius 1 is 1.14 bits per heavy atom. The van der Waals surface area contributed by atoms with Gasteiger partial charge in [0.25, 0.3) is 5.91 Å². The van der Waals surface area contributed by atoms with Gasteiger partial charge in [-0.25, -0.2) is 0 Å². The Hall–Kier alpha value is -2.92. The first kappa shape index (κ1) is 20.8. The highest BCUT2D eigenvalue weighted by Crippen LogP contribution is 2.28. The van der Waals surface area contributed by atoms with Crippen LogP contribution < -0.4 is 5.32 Å². The highest BCUT2D eigenvalue weighted by Gasteiger charge is 2.34. The van der Waals surface area contributed by atoms with Gasteiger partial charge in [0.15, 0.2) is 0 Å². The molecule has 1 saturated heterocycles. The van der Waals surface area contributed by atoms with E-state index in [1.54, 1.807) is 17.0 Å². The summed E-state index contributed by atoms with van der Waals surface area (Å²) in [5.74, 6) is -0.249. The number of aryl methyl sites for hydroxylation is 1. The van der Waals surface area contributed by atoms with Crippen molar-refractivity contribution in [2.75, 3.05) is 13.1 Å². The molecule has 2 amide bonds. The molecule has 0 radical (unpaired) electrons. The molecule has 0 atom stereocenters. The summed E-state index contributed by atoms with van der Waals surface area (Å²) >= 11 is 0. The van der Waals surface area contributed by atoms with E-state index in [-0.39, 0.29) is 11.8 Å². The first-order chi connectivity index (χ1) is 13.9. The fourth-order valence-corrected chi connectivity index (χ4v) is 3.67. The molecule has 1 aliphatic rings. The van der Waals surface area contributed by atoms with E-state index in [1.807, 2.05) is 24.3 Å². The maximum Gasteiger partial charge on any atom is 0.253 e. The quantitative estimate of drug-likeness (QED) is 0.743. The molecule has 1 fully saturated rings. The Balaban J connectivity index is 1.56. The number of amides is 2. The SMILES string of the molecule is C=CC(=O)NCc1ccc(C(=O)N2CCC(O)(Cc3ccccc3C)CC2)cc1. The monoisotopic (exact) mass is 392 g/mol. The molecule has 0 bridgehead atoms. The van der Waals surface area contributed by atoms with Crippen LogP contribution in [0.5, 0.6) is 0 Å². The number of aliphatic hydroxyl groups is 1. The van der Waals surface area contributed by atoms with E-state index in [0.717, 1.165) is 11.1 Å². The Morgan fingerprint density at radius 3 is 2.41 bits per heavy atom. The number of carbonyl (C=O) groups is 2. The third-order valence-corrected chi connectivity index (χ3v) is 5.62. The molecule has 1 heterocycles. The fraction of sp³-hybridized carbons (Fsp3) is 0.333. The summed E-state index contributed by atoms with van der Waals surface area (Å²) in [6.07, 6.45) is 2.98. The molecule has 0 aromatic heterocycles. The zero-order chi connectivity index (χ0) is 20.9. The number of benzene rings is 2. The van der Waals surface area contributed by atoms with Crippen molar-refractivity contribution in [3.63, 3.8) is 0 Å². The molecule has 5 nitrogen and oxygen atoms in total. The second kappa shape index (κ2) is 9.05. The minimum absolute atomic E-state index is 0.0235. The van der Waals surface area contributed by atoms with Gasteiger partial charge >= 0.3 is 0 Å². The van der Waals surface area contributed by atoms with Crippen LogP contribution in [0.4, 0.5) is 0 Å². The summed E-state index contributed by atoms with van der Waals surface area (Å²) < 4.78 is 0. The molecule has 1 aliphatic heterocycles. The first-order valence-electron chi connectivity index (χ1n) is 9.95. The lowest BCUT2D eigenvalue weighted by atomic mass is 9.84. The minimum atomic E-state index is -0.768. The number of rotatable bonds is 6. The molecule has 152 valence electrons. The van der Waals surface area contributed by atoms with Gasteiger partial charge in [-0.05, 0) is 54.7 Å². The second-order valence-corrected chi connectivity index (χ2v) is 7.74. The summed E-state index contributed by atoms with van der Waals surface area (Å²) in [5.41, 5.74) is 3.12. The lowest BCUT2D eigenvalue weighted by molar-refractivity contribution is -0.116. The van der Waals surface area contributed by atoms with E-state index in [0.29, 0.717) is 44.5 Å². The highest BCUT2D eigenvalue weighted by atomic mass is 16.3. The number of carbonyl (C=O) groups excluding carboxylic acids is 2. The zero-order valence-electron chi connectivity index (χ0n) is 16.9. The number of hydrogen-bond donors (Lipinski definition) is 2. The van der Waals surface area contributed by atoms with Crippen LogP contribution in [0.15, 0.2) is 61.2 Å². The van der Waals surface area contributed by atoms with Crippen molar-refractivity contribution in [3.05, 3.63) is 83.4 Å². The Bertz CT molecular complexity index is 881. The molecule has 5 heteroatoms. The minimum Gasteiger partial charge on any atom is -0.389 e. The van der Waals surface area contributed by atoms with E-state index >= 15 is 0 Å². The van der Waals surface area contributed by atoms with Gasteiger partial charge in [-0.15, -0.1) is 0 Å². The van der Waals surface area contributed by atoms with Gasteiger partial charge in [0, 0.05) is 31.6 Å². The third kappa shape index (κ3) is 5.33. The average Bonchev–Trinajstić information content (AvgIpc) is 2.74. The topological polar surface area (TPSA) is 69.6 Å². The van der Waals surface area contributed by atoms with E-state index in [1.165, 1.54) is 11.6 Å². The maximum absolute atomic E-state index is 12.8. The van der Waals surface area contributed by atoms with E-state index in [9.17, 15) is 14.7 Å². The zero-order valence-corrected chi connectivity index (χ0v) is 16.9. The molecular weight excluding hydrogens is 364 g/mol. The number of likely N-dealkylation sites (tertiary alicyclic amines) is 1. The number of nitrogens with one attached hydrogen (secondary N) is 1. The highest BCUT2D eigenvalue weighted by molar-refractivity contribution is 5.94. The van der Waals surface area contributed by atoms with E-state index in [4.69, 9.17) is 0 Å². The molecule has 2 aromatic carbocycles. The summed E-state index contributed by atoms with van der Waals surface area (Å²) in [7, 11) is 0. The van der Waals surface area contributed by atoms with Crippen LogP contribution in [0, 0.1) is 6.92 Å². The van der Waals surface area contributed by atoms with Gasteiger partial charge in [0.05, 0.1) is 5.60 Å². The Kier molecular flexibility index (Phi) is 6.49. The van der Waals surface area contributed by atoms with Gasteiger partial charge in [0.2, 0.25) is 5.91 Å². The van der Waals surface area contributed by atoms with Crippen LogP contribution in [0.1, 0.15) is 39.9 Å². The third-order valence-electron chi connectivity index (χ3n) is 5.62. The van der Waals surface area contributed by atoms with Crippen LogP contribution in [0.2, 0.25) is 0 Å². The van der Waals surface area contributed by atoms with Crippen molar-refractivity contribution in [2.45, 2.75) is 38.3 Å². The standard InChI is InChI=1S/C24H28N2O3/c1-3-22(27)25-17-19-8-10-20(11-9-19)23(28)26-14-12-24(29,13-15-26)16-21-7-5-4-6-18(21)2/h3-11,29H,1,12-17H2,2H3,(H,25,27). The molecule has 0 unspecified atom stereocenters. The number of hydrogen-bond acceptors (Lipinski definition) is 3. The molecule has 0 spiro atoms. The number of nitrogens with zero attached hydrogens (tertiary/aromatic N) is 1. The fourth-order valence-electron chi connectivity index (χ4n) is 3.67. The van der Waals surface area contributed by atoms with E-state index < -0.39 is 5.60 Å². The maximum atomic E-state index is 12.8. The first-order valence-corrected chi connectivity index (χ1v) is 9.95. The smallest absolute Gasteiger partial charge is 0.253 e. The average molecular weight is 392 g/mol. The van der Waals surface area contributed by atoms with Gasteiger partial charge in [-0.2, -0.15) is 0 Å². The number of piperidine rings is 1. The van der Waals surface area contributed by atoms with Crippen molar-refractivity contribution in [2.24, 2.45) is 0 Å². The predicted octanol–water partition coefficient (Wildman–Crippen LogP) is 3.01. The van der Waals surface area contributed by atoms with Crippen LogP contribution in [0.25, 0.3) is 0 Å². The summed E-state index contributed by atoms with van der Waals surface area (Å²) in [6, 6.07) is 15.4. The van der Waals surface area contributed by atoms with Crippen molar-refractivity contribution in [3.8, 4) is 0 Å². The van der Waals surface area contributed by atoms with Crippen LogP contribution >= 0.6 is 0 Å². The van der Waals surface area contributed by atoms with Crippen LogP contribution in [-0.4, -0.2) is 40.5 Å². The molecule has 0 saturated carbocycles. The molecule has 3 rings (SSSR count). The molecular formula is C24H28N2O3.